The van der Waals surface area contributed by atoms with Crippen LogP contribution >= 0.6 is 15.9 Å². The fourth-order valence-corrected chi connectivity index (χ4v) is 3.64. The maximum absolute atomic E-state index is 12.1. The fourth-order valence-electron chi connectivity index (χ4n) is 1.31. The molecule has 1 aliphatic heterocycles. The Morgan fingerprint density at radius 1 is 1.53 bits per heavy atom. The normalized spacial score (nSPS) is 18.5. The van der Waals surface area contributed by atoms with Gasteiger partial charge < -0.3 is 4.74 Å². The van der Waals surface area contributed by atoms with Crippen molar-refractivity contribution >= 4 is 26.0 Å². The predicted molar refractivity (Wildman–Crippen MR) is 53.4 cm³/mol. The molecule has 0 amide bonds. The lowest BCUT2D eigenvalue weighted by Gasteiger charge is -2.13. The Labute approximate surface area is 95.2 Å². The van der Waals surface area contributed by atoms with Gasteiger partial charge >= 0.3 is 0 Å². The summed E-state index contributed by atoms with van der Waals surface area (Å²) >= 11 is 3.06. The second kappa shape index (κ2) is 3.81. The van der Waals surface area contributed by atoms with E-state index in [0.717, 1.165) is 0 Å². The van der Waals surface area contributed by atoms with E-state index in [1.165, 1.54) is 16.0 Å². The summed E-state index contributed by atoms with van der Waals surface area (Å²) in [4.78, 5) is 0. The lowest BCUT2D eigenvalue weighted by atomic mass is 10.7. The van der Waals surface area contributed by atoms with Crippen LogP contribution in [0.4, 0.5) is 0 Å². The molecule has 0 atom stereocenters. The number of rotatable bonds is 2. The molecule has 1 aromatic rings. The summed E-state index contributed by atoms with van der Waals surface area (Å²) in [5.41, 5.74) is 0. The summed E-state index contributed by atoms with van der Waals surface area (Å²) in [6.07, 6.45) is 0. The van der Waals surface area contributed by atoms with Crippen molar-refractivity contribution in [2.24, 2.45) is 7.05 Å². The number of aryl methyl sites for hydroxylation is 1. The molecule has 1 aromatic heterocycles. The first-order valence-corrected chi connectivity index (χ1v) is 6.40. The highest BCUT2D eigenvalue weighted by atomic mass is 79.9. The van der Waals surface area contributed by atoms with Crippen LogP contribution in [0.25, 0.3) is 0 Å². The van der Waals surface area contributed by atoms with Gasteiger partial charge in [-0.2, -0.15) is 4.31 Å². The largest absolute Gasteiger partial charge is 0.364 e. The first kappa shape index (κ1) is 11.0. The summed E-state index contributed by atoms with van der Waals surface area (Å²) < 4.78 is 31.8. The molecule has 0 spiro atoms. The molecule has 0 unspecified atom stereocenters. The van der Waals surface area contributed by atoms with Crippen LogP contribution in [0.1, 0.15) is 0 Å². The van der Waals surface area contributed by atoms with Crippen molar-refractivity contribution in [2.75, 3.05) is 19.9 Å². The van der Waals surface area contributed by atoms with Crippen LogP contribution in [0.2, 0.25) is 0 Å². The summed E-state index contributed by atoms with van der Waals surface area (Å²) in [5.74, 6) is 0. The van der Waals surface area contributed by atoms with Crippen LogP contribution in [0, 0.1) is 0 Å². The zero-order valence-electron chi connectivity index (χ0n) is 7.92. The van der Waals surface area contributed by atoms with E-state index < -0.39 is 10.0 Å². The molecule has 0 saturated carbocycles. The molecule has 1 fully saturated rings. The molecular formula is C6H9BrN4O3S. The quantitative estimate of drug-likeness (QED) is 0.739. The number of nitrogens with zero attached hydrogens (tertiary/aromatic N) is 4. The molecule has 1 aliphatic rings. The Morgan fingerprint density at radius 2 is 2.27 bits per heavy atom. The SMILES string of the molecule is Cn1nnc(Br)c1S(=O)(=O)N1CCOC1. The van der Waals surface area contributed by atoms with E-state index >= 15 is 0 Å². The average Bonchev–Trinajstić information content (AvgIpc) is 2.75. The number of hydrogen-bond acceptors (Lipinski definition) is 5. The summed E-state index contributed by atoms with van der Waals surface area (Å²) in [5, 5.41) is 7.31. The average molecular weight is 297 g/mol. The number of hydrogen-bond donors (Lipinski definition) is 0. The van der Waals surface area contributed by atoms with Gasteiger partial charge in [0.2, 0.25) is 5.03 Å². The standard InChI is InChI=1S/C6H9BrN4O3S/c1-10-6(5(7)8-9-10)15(12,13)11-2-3-14-4-11/h2-4H2,1H3. The highest BCUT2D eigenvalue weighted by Gasteiger charge is 2.33. The highest BCUT2D eigenvalue weighted by molar-refractivity contribution is 9.10. The van der Waals surface area contributed by atoms with Crippen molar-refractivity contribution in [2.45, 2.75) is 5.03 Å². The van der Waals surface area contributed by atoms with Crippen LogP contribution in [0.3, 0.4) is 0 Å². The van der Waals surface area contributed by atoms with Crippen molar-refractivity contribution in [3.05, 3.63) is 4.60 Å². The van der Waals surface area contributed by atoms with Crippen LogP contribution < -0.4 is 0 Å². The third-order valence-corrected chi connectivity index (χ3v) is 4.75. The molecule has 84 valence electrons. The summed E-state index contributed by atoms with van der Waals surface area (Å²) in [6.45, 7) is 0.863. The van der Waals surface area contributed by atoms with E-state index in [4.69, 9.17) is 4.74 Å². The van der Waals surface area contributed by atoms with Crippen LogP contribution in [0.15, 0.2) is 9.63 Å². The Morgan fingerprint density at radius 3 is 2.73 bits per heavy atom. The maximum Gasteiger partial charge on any atom is 0.265 e. The van der Waals surface area contributed by atoms with Gasteiger partial charge in [-0.15, -0.1) is 5.10 Å². The van der Waals surface area contributed by atoms with Crippen molar-refractivity contribution in [1.82, 2.24) is 19.3 Å². The van der Waals surface area contributed by atoms with E-state index in [2.05, 4.69) is 26.2 Å². The molecule has 0 aromatic carbocycles. The second-order valence-electron chi connectivity index (χ2n) is 3.03. The lowest BCUT2D eigenvalue weighted by Crippen LogP contribution is -2.30. The minimum absolute atomic E-state index is 0.0491. The molecule has 0 N–H and O–H groups in total. The second-order valence-corrected chi connectivity index (χ2v) is 5.63. The van der Waals surface area contributed by atoms with Gasteiger partial charge in [-0.25, -0.2) is 13.1 Å². The predicted octanol–water partition coefficient (Wildman–Crippen LogP) is -0.444. The molecule has 1 saturated heterocycles. The van der Waals surface area contributed by atoms with Crippen molar-refractivity contribution in [3.63, 3.8) is 0 Å². The Kier molecular flexibility index (Phi) is 2.79. The molecule has 2 rings (SSSR count). The molecule has 15 heavy (non-hydrogen) atoms. The van der Waals surface area contributed by atoms with E-state index in [1.807, 2.05) is 0 Å². The van der Waals surface area contributed by atoms with Gasteiger partial charge in [0.25, 0.3) is 10.0 Å². The number of aromatic nitrogens is 3. The zero-order valence-corrected chi connectivity index (χ0v) is 10.3. The number of sulfonamides is 1. The van der Waals surface area contributed by atoms with Gasteiger partial charge in [-0.05, 0) is 15.9 Å². The first-order chi connectivity index (χ1) is 7.03. The Hall–Kier alpha value is -0.510. The van der Waals surface area contributed by atoms with Gasteiger partial charge in [0.1, 0.15) is 6.73 Å². The summed E-state index contributed by atoms with van der Waals surface area (Å²) in [7, 11) is -2.03. The Balaban J connectivity index is 2.45. The van der Waals surface area contributed by atoms with Gasteiger partial charge in [-0.3, -0.25) is 0 Å². The molecule has 0 aliphatic carbocycles. The molecule has 2 heterocycles. The Bertz CT molecular complexity index is 445. The molecular weight excluding hydrogens is 288 g/mol. The van der Waals surface area contributed by atoms with Gasteiger partial charge in [-0.1, -0.05) is 5.21 Å². The fraction of sp³-hybridized carbons (Fsp3) is 0.667. The summed E-state index contributed by atoms with van der Waals surface area (Å²) in [6, 6.07) is 0. The van der Waals surface area contributed by atoms with E-state index in [9.17, 15) is 8.42 Å². The maximum atomic E-state index is 12.1. The number of ether oxygens (including phenoxy) is 1. The van der Waals surface area contributed by atoms with Crippen LogP contribution in [-0.2, 0) is 21.8 Å². The van der Waals surface area contributed by atoms with E-state index in [0.29, 0.717) is 13.2 Å². The van der Waals surface area contributed by atoms with Crippen molar-refractivity contribution in [1.29, 1.82) is 0 Å². The zero-order chi connectivity index (χ0) is 11.1. The molecule has 0 bridgehead atoms. The number of halogens is 1. The van der Waals surface area contributed by atoms with E-state index in [1.54, 1.807) is 0 Å². The molecule has 9 heteroatoms. The van der Waals surface area contributed by atoms with Gasteiger partial charge in [0.15, 0.2) is 4.60 Å². The topological polar surface area (TPSA) is 77.3 Å². The highest BCUT2D eigenvalue weighted by Crippen LogP contribution is 2.23. The van der Waals surface area contributed by atoms with Crippen molar-refractivity contribution in [3.8, 4) is 0 Å². The minimum Gasteiger partial charge on any atom is -0.364 e. The third-order valence-electron chi connectivity index (χ3n) is 2.04. The van der Waals surface area contributed by atoms with Gasteiger partial charge in [0.05, 0.1) is 6.61 Å². The van der Waals surface area contributed by atoms with Crippen molar-refractivity contribution < 1.29 is 13.2 Å². The first-order valence-electron chi connectivity index (χ1n) is 4.16. The molecule has 7 nitrogen and oxygen atoms in total. The smallest absolute Gasteiger partial charge is 0.265 e. The molecule has 0 radical (unpaired) electrons. The van der Waals surface area contributed by atoms with E-state index in [-0.39, 0.29) is 16.4 Å². The minimum atomic E-state index is -3.56. The monoisotopic (exact) mass is 296 g/mol. The lowest BCUT2D eigenvalue weighted by molar-refractivity contribution is 0.172. The van der Waals surface area contributed by atoms with Gasteiger partial charge in [0, 0.05) is 13.6 Å². The van der Waals surface area contributed by atoms with Crippen LogP contribution in [-0.4, -0.2) is 47.6 Å². The van der Waals surface area contributed by atoms with Crippen LogP contribution in [0.5, 0.6) is 0 Å². The third kappa shape index (κ3) is 1.80.